The molecule has 1 N–H and O–H groups in total. The monoisotopic (exact) mass is 372 g/mol. The molecular weight excluding hydrogens is 348 g/mol. The van der Waals surface area contributed by atoms with Gasteiger partial charge in [0.15, 0.2) is 0 Å². The number of benzene rings is 2. The van der Waals surface area contributed by atoms with E-state index in [9.17, 15) is 4.79 Å². The minimum atomic E-state index is 0.00742. The molecule has 4 nitrogen and oxygen atoms in total. The van der Waals surface area contributed by atoms with Crippen molar-refractivity contribution in [3.05, 3.63) is 64.7 Å². The summed E-state index contributed by atoms with van der Waals surface area (Å²) in [7, 11) is 1.79. The third-order valence-corrected chi connectivity index (χ3v) is 5.00. The fourth-order valence-electron chi connectivity index (χ4n) is 3.21. The van der Waals surface area contributed by atoms with E-state index >= 15 is 0 Å². The first kappa shape index (κ1) is 18.7. The van der Waals surface area contributed by atoms with Crippen LogP contribution in [0.1, 0.15) is 34.7 Å². The average Bonchev–Trinajstić information content (AvgIpc) is 2.68. The molecule has 1 saturated heterocycles. The topological polar surface area (TPSA) is 41.6 Å². The van der Waals surface area contributed by atoms with E-state index < -0.39 is 0 Å². The number of hydrogen-bond donors (Lipinski definition) is 1. The predicted molar refractivity (Wildman–Crippen MR) is 105 cm³/mol. The van der Waals surface area contributed by atoms with Crippen molar-refractivity contribution in [1.29, 1.82) is 0 Å². The number of likely N-dealkylation sites (N-methyl/N-ethyl adjacent to an activating group) is 1. The molecule has 2 aromatic rings. The number of piperidine rings is 1. The van der Waals surface area contributed by atoms with Crippen LogP contribution in [0.15, 0.2) is 48.5 Å². The molecule has 0 aliphatic carbocycles. The van der Waals surface area contributed by atoms with E-state index in [1.165, 1.54) is 18.4 Å². The van der Waals surface area contributed by atoms with E-state index in [2.05, 4.69) is 17.4 Å². The third-order valence-electron chi connectivity index (χ3n) is 4.76. The lowest BCUT2D eigenvalue weighted by Crippen LogP contribution is -2.31. The van der Waals surface area contributed by atoms with Crippen molar-refractivity contribution in [2.45, 2.75) is 18.8 Å². The second-order valence-corrected chi connectivity index (χ2v) is 7.13. The summed E-state index contributed by atoms with van der Waals surface area (Å²) < 4.78 is 5.66. The maximum absolute atomic E-state index is 12.6. The number of nitrogens with one attached hydrogen (secondary N) is 1. The SMILES string of the molecule is CN(CCOc1cccc(Cl)c1)C(=O)c1ccc(C2CCCNC2)cc1. The van der Waals surface area contributed by atoms with Crippen molar-refractivity contribution in [1.82, 2.24) is 10.2 Å². The molecule has 1 unspecified atom stereocenters. The maximum Gasteiger partial charge on any atom is 0.253 e. The lowest BCUT2D eigenvalue weighted by Gasteiger charge is -2.23. The van der Waals surface area contributed by atoms with Gasteiger partial charge in [0.25, 0.3) is 5.91 Å². The standard InChI is InChI=1S/C21H25ClN2O2/c1-24(12-13-26-20-6-2-5-19(22)14-20)21(25)17-9-7-16(8-10-17)18-4-3-11-23-15-18/h2,5-10,14,18,23H,3-4,11-13,15H2,1H3. The molecule has 3 rings (SSSR count). The Hall–Kier alpha value is -2.04. The van der Waals surface area contributed by atoms with Gasteiger partial charge in [0.1, 0.15) is 12.4 Å². The van der Waals surface area contributed by atoms with Gasteiger partial charge in [-0.3, -0.25) is 4.79 Å². The van der Waals surface area contributed by atoms with Crippen molar-refractivity contribution in [2.24, 2.45) is 0 Å². The highest BCUT2D eigenvalue weighted by Crippen LogP contribution is 2.23. The minimum Gasteiger partial charge on any atom is -0.492 e. The van der Waals surface area contributed by atoms with Gasteiger partial charge >= 0.3 is 0 Å². The van der Waals surface area contributed by atoms with E-state index in [0.29, 0.717) is 35.4 Å². The Balaban J connectivity index is 1.51. The molecule has 0 radical (unpaired) electrons. The van der Waals surface area contributed by atoms with Crippen molar-refractivity contribution in [3.8, 4) is 5.75 Å². The number of hydrogen-bond acceptors (Lipinski definition) is 3. The number of nitrogens with zero attached hydrogens (tertiary/aromatic N) is 1. The molecular formula is C21H25ClN2O2. The summed E-state index contributed by atoms with van der Waals surface area (Å²) >= 11 is 5.94. The van der Waals surface area contributed by atoms with Crippen LogP contribution in [0.25, 0.3) is 0 Å². The highest BCUT2D eigenvalue weighted by Gasteiger charge is 2.16. The van der Waals surface area contributed by atoms with Crippen LogP contribution in [0.5, 0.6) is 5.75 Å². The number of halogens is 1. The van der Waals surface area contributed by atoms with Gasteiger partial charge in [0.05, 0.1) is 6.54 Å². The zero-order valence-corrected chi connectivity index (χ0v) is 15.8. The number of carbonyl (C=O) groups excluding carboxylic acids is 1. The second kappa shape index (κ2) is 9.06. The van der Waals surface area contributed by atoms with Crippen molar-refractivity contribution < 1.29 is 9.53 Å². The molecule has 0 aromatic heterocycles. The summed E-state index contributed by atoms with van der Waals surface area (Å²) in [6.45, 7) is 3.07. The van der Waals surface area contributed by atoms with Crippen LogP contribution >= 0.6 is 11.6 Å². The smallest absolute Gasteiger partial charge is 0.253 e. The normalized spacial score (nSPS) is 16.9. The van der Waals surface area contributed by atoms with Crippen LogP contribution in [0.4, 0.5) is 0 Å². The van der Waals surface area contributed by atoms with E-state index in [-0.39, 0.29) is 5.91 Å². The van der Waals surface area contributed by atoms with E-state index in [4.69, 9.17) is 16.3 Å². The molecule has 2 aromatic carbocycles. The predicted octanol–water partition coefficient (Wildman–Crippen LogP) is 3.96. The largest absolute Gasteiger partial charge is 0.492 e. The fourth-order valence-corrected chi connectivity index (χ4v) is 3.39. The van der Waals surface area contributed by atoms with Crippen LogP contribution in [0.3, 0.4) is 0 Å². The zero-order chi connectivity index (χ0) is 18.4. The fraction of sp³-hybridized carbons (Fsp3) is 0.381. The Morgan fingerprint density at radius 2 is 2.08 bits per heavy atom. The van der Waals surface area contributed by atoms with Gasteiger partial charge in [-0.1, -0.05) is 29.8 Å². The van der Waals surface area contributed by atoms with E-state index in [1.54, 1.807) is 24.1 Å². The number of amides is 1. The zero-order valence-electron chi connectivity index (χ0n) is 15.1. The van der Waals surface area contributed by atoms with Gasteiger partial charge < -0.3 is 15.0 Å². The highest BCUT2D eigenvalue weighted by molar-refractivity contribution is 6.30. The van der Waals surface area contributed by atoms with Crippen molar-refractivity contribution in [3.63, 3.8) is 0 Å². The average molecular weight is 373 g/mol. The Kier molecular flexibility index (Phi) is 6.53. The summed E-state index contributed by atoms with van der Waals surface area (Å²) in [6.07, 6.45) is 2.42. The van der Waals surface area contributed by atoms with Crippen LogP contribution in [0, 0.1) is 0 Å². The molecule has 1 aliphatic rings. The molecule has 1 amide bonds. The summed E-state index contributed by atoms with van der Waals surface area (Å²) in [5, 5.41) is 4.07. The van der Waals surface area contributed by atoms with Gasteiger partial charge in [0.2, 0.25) is 0 Å². The maximum atomic E-state index is 12.6. The lowest BCUT2D eigenvalue weighted by atomic mass is 9.91. The molecule has 138 valence electrons. The van der Waals surface area contributed by atoms with Gasteiger partial charge in [-0.15, -0.1) is 0 Å². The molecule has 0 bridgehead atoms. The number of ether oxygens (including phenoxy) is 1. The van der Waals surface area contributed by atoms with E-state index in [1.807, 2.05) is 24.3 Å². The Morgan fingerprint density at radius 3 is 2.77 bits per heavy atom. The number of rotatable bonds is 6. The molecule has 5 heteroatoms. The first-order chi connectivity index (χ1) is 12.6. The molecule has 1 aliphatic heterocycles. The van der Waals surface area contributed by atoms with Crippen molar-refractivity contribution >= 4 is 17.5 Å². The molecule has 26 heavy (non-hydrogen) atoms. The summed E-state index contributed by atoms with van der Waals surface area (Å²) in [6, 6.07) is 15.3. The molecule has 0 saturated carbocycles. The van der Waals surface area contributed by atoms with Gasteiger partial charge in [-0.25, -0.2) is 0 Å². The first-order valence-corrected chi connectivity index (χ1v) is 9.46. The van der Waals surface area contributed by atoms with Crippen molar-refractivity contribution in [2.75, 3.05) is 33.3 Å². The van der Waals surface area contributed by atoms with Crippen LogP contribution < -0.4 is 10.1 Å². The van der Waals surface area contributed by atoms with Gasteiger partial charge in [0, 0.05) is 24.2 Å². The summed E-state index contributed by atoms with van der Waals surface area (Å²) in [4.78, 5) is 14.2. The minimum absolute atomic E-state index is 0.00742. The first-order valence-electron chi connectivity index (χ1n) is 9.08. The molecule has 0 spiro atoms. The highest BCUT2D eigenvalue weighted by atomic mass is 35.5. The quantitative estimate of drug-likeness (QED) is 0.834. The van der Waals surface area contributed by atoms with E-state index in [0.717, 1.165) is 13.1 Å². The lowest BCUT2D eigenvalue weighted by molar-refractivity contribution is 0.0773. The van der Waals surface area contributed by atoms with Crippen LogP contribution in [-0.2, 0) is 0 Å². The van der Waals surface area contributed by atoms with Crippen LogP contribution in [0.2, 0.25) is 5.02 Å². The molecule has 1 atom stereocenters. The van der Waals surface area contributed by atoms with Gasteiger partial charge in [-0.2, -0.15) is 0 Å². The second-order valence-electron chi connectivity index (χ2n) is 6.70. The van der Waals surface area contributed by atoms with Crippen LogP contribution in [-0.4, -0.2) is 44.1 Å². The summed E-state index contributed by atoms with van der Waals surface area (Å²) in [5.74, 6) is 1.27. The summed E-state index contributed by atoms with van der Waals surface area (Å²) in [5.41, 5.74) is 2.02. The van der Waals surface area contributed by atoms with Gasteiger partial charge in [-0.05, 0) is 61.2 Å². The molecule has 1 heterocycles. The third kappa shape index (κ3) is 4.99. The Morgan fingerprint density at radius 1 is 1.27 bits per heavy atom. The number of carbonyl (C=O) groups is 1. The Bertz CT molecular complexity index is 727. The molecule has 1 fully saturated rings. The Labute approximate surface area is 160 Å².